The van der Waals surface area contributed by atoms with Gasteiger partial charge in [0.2, 0.25) is 0 Å². The molecule has 0 aliphatic rings. The fourth-order valence-corrected chi connectivity index (χ4v) is 3.53. The number of carbonyl (C=O) groups is 1. The Morgan fingerprint density at radius 3 is 2.48 bits per heavy atom. The van der Waals surface area contributed by atoms with Crippen LogP contribution in [0, 0.1) is 0 Å². The summed E-state index contributed by atoms with van der Waals surface area (Å²) in [6.45, 7) is 1.94. The van der Waals surface area contributed by atoms with Crippen LogP contribution < -0.4 is 5.32 Å². The van der Waals surface area contributed by atoms with Crippen molar-refractivity contribution in [3.8, 4) is 5.69 Å². The summed E-state index contributed by atoms with van der Waals surface area (Å²) in [4.78, 5) is 12.9. The number of amides is 1. The van der Waals surface area contributed by atoms with Crippen LogP contribution in [0.5, 0.6) is 0 Å². The average molecular weight is 404 g/mol. The second-order valence-corrected chi connectivity index (χ2v) is 8.45. The fraction of sp³-hybridized carbons (Fsp3) is 0.158. The number of carbonyl (C=O) groups excluding carboxylic acids is 1. The zero-order valence-corrected chi connectivity index (χ0v) is 16.4. The van der Waals surface area contributed by atoms with Gasteiger partial charge in [0.25, 0.3) is 5.91 Å². The van der Waals surface area contributed by atoms with Gasteiger partial charge in [-0.3, -0.25) is 4.79 Å². The lowest BCUT2D eigenvalue weighted by atomic mass is 10.2. The minimum absolute atomic E-state index is 0.198. The number of halogens is 1. The van der Waals surface area contributed by atoms with Crippen LogP contribution in [-0.2, 0) is 16.3 Å². The van der Waals surface area contributed by atoms with E-state index in [1.807, 2.05) is 19.1 Å². The third-order valence-electron chi connectivity index (χ3n) is 4.04. The van der Waals surface area contributed by atoms with Gasteiger partial charge in [0.05, 0.1) is 28.0 Å². The monoisotopic (exact) mass is 403 g/mol. The van der Waals surface area contributed by atoms with E-state index in [2.05, 4.69) is 10.4 Å². The smallest absolute Gasteiger partial charge is 0.259 e. The van der Waals surface area contributed by atoms with E-state index in [4.69, 9.17) is 11.6 Å². The van der Waals surface area contributed by atoms with Crippen LogP contribution in [0.15, 0.2) is 59.6 Å². The van der Waals surface area contributed by atoms with Crippen molar-refractivity contribution >= 4 is 33.0 Å². The number of rotatable bonds is 5. The van der Waals surface area contributed by atoms with Crippen molar-refractivity contribution < 1.29 is 13.2 Å². The Hall–Kier alpha value is -2.64. The summed E-state index contributed by atoms with van der Waals surface area (Å²) in [6, 6.07) is 13.3. The average Bonchev–Trinajstić information content (AvgIpc) is 3.05. The van der Waals surface area contributed by atoms with Crippen molar-refractivity contribution in [1.29, 1.82) is 0 Å². The van der Waals surface area contributed by atoms with E-state index < -0.39 is 9.84 Å². The zero-order chi connectivity index (χ0) is 19.6. The molecular formula is C19H18ClN3O3S. The van der Waals surface area contributed by atoms with Gasteiger partial charge in [-0.15, -0.1) is 0 Å². The van der Waals surface area contributed by atoms with Gasteiger partial charge < -0.3 is 5.32 Å². The minimum Gasteiger partial charge on any atom is -0.322 e. The van der Waals surface area contributed by atoms with Crippen LogP contribution in [-0.4, -0.2) is 30.4 Å². The van der Waals surface area contributed by atoms with Crippen molar-refractivity contribution in [3.05, 3.63) is 71.0 Å². The van der Waals surface area contributed by atoms with Crippen LogP contribution >= 0.6 is 11.6 Å². The third kappa shape index (κ3) is 4.20. The summed E-state index contributed by atoms with van der Waals surface area (Å²) in [5.41, 5.74) is 2.48. The molecule has 0 bridgehead atoms. The van der Waals surface area contributed by atoms with Gasteiger partial charge in [0.15, 0.2) is 9.84 Å². The summed E-state index contributed by atoms with van der Waals surface area (Å²) >= 11 is 6.05. The van der Waals surface area contributed by atoms with Gasteiger partial charge in [0, 0.05) is 17.0 Å². The van der Waals surface area contributed by atoms with Crippen LogP contribution in [0.25, 0.3) is 5.69 Å². The standard InChI is InChI=1S/C19H18ClN3O3S/c1-3-18-17(12-21-23(18)15-6-4-5-13(20)11-15)19(24)22-14-7-9-16(10-8-14)27(2,25)26/h4-12H,3H2,1-2H3,(H,22,24). The van der Waals surface area contributed by atoms with Crippen LogP contribution in [0.2, 0.25) is 5.02 Å². The Morgan fingerprint density at radius 1 is 1.19 bits per heavy atom. The second-order valence-electron chi connectivity index (χ2n) is 6.00. The summed E-state index contributed by atoms with van der Waals surface area (Å²) in [5, 5.41) is 7.69. The molecule has 1 amide bonds. The molecule has 27 heavy (non-hydrogen) atoms. The highest BCUT2D eigenvalue weighted by atomic mass is 35.5. The van der Waals surface area contributed by atoms with Crippen LogP contribution in [0.3, 0.4) is 0 Å². The third-order valence-corrected chi connectivity index (χ3v) is 5.41. The Labute approximate surface area is 162 Å². The summed E-state index contributed by atoms with van der Waals surface area (Å²) in [6.07, 6.45) is 3.25. The molecule has 0 radical (unpaired) electrons. The molecule has 0 aliphatic heterocycles. The SMILES string of the molecule is CCc1c(C(=O)Nc2ccc(S(C)(=O)=O)cc2)cnn1-c1cccc(Cl)c1. The van der Waals surface area contributed by atoms with E-state index in [0.717, 1.165) is 17.6 Å². The van der Waals surface area contributed by atoms with Crippen molar-refractivity contribution in [2.45, 2.75) is 18.2 Å². The molecule has 0 atom stereocenters. The van der Waals surface area contributed by atoms with Crippen molar-refractivity contribution in [1.82, 2.24) is 9.78 Å². The maximum atomic E-state index is 12.7. The first-order valence-electron chi connectivity index (χ1n) is 8.24. The zero-order valence-electron chi connectivity index (χ0n) is 14.8. The van der Waals surface area contributed by atoms with E-state index in [-0.39, 0.29) is 10.8 Å². The Bertz CT molecular complexity index is 1090. The Morgan fingerprint density at radius 2 is 1.89 bits per heavy atom. The van der Waals surface area contributed by atoms with Gasteiger partial charge >= 0.3 is 0 Å². The molecule has 6 nitrogen and oxygen atoms in total. The van der Waals surface area contributed by atoms with E-state index in [0.29, 0.717) is 22.7 Å². The van der Waals surface area contributed by atoms with Crippen molar-refractivity contribution in [2.24, 2.45) is 0 Å². The molecule has 0 fully saturated rings. The molecule has 3 aromatic rings. The predicted octanol–water partition coefficient (Wildman–Crippen LogP) is 3.74. The Kier molecular flexibility index (Phi) is 5.34. The van der Waals surface area contributed by atoms with Gasteiger partial charge in [-0.05, 0) is 48.9 Å². The predicted molar refractivity (Wildman–Crippen MR) is 105 cm³/mol. The molecule has 2 aromatic carbocycles. The molecule has 8 heteroatoms. The number of nitrogens with zero attached hydrogens (tertiary/aromatic N) is 2. The summed E-state index contributed by atoms with van der Waals surface area (Å²) < 4.78 is 24.7. The Balaban J connectivity index is 1.87. The van der Waals surface area contributed by atoms with Gasteiger partial charge in [-0.2, -0.15) is 5.10 Å². The first-order chi connectivity index (χ1) is 12.8. The largest absolute Gasteiger partial charge is 0.322 e. The van der Waals surface area contributed by atoms with E-state index >= 15 is 0 Å². The highest BCUT2D eigenvalue weighted by Crippen LogP contribution is 2.20. The number of hydrogen-bond acceptors (Lipinski definition) is 4. The molecule has 0 unspecified atom stereocenters. The molecule has 0 saturated heterocycles. The normalized spacial score (nSPS) is 11.4. The van der Waals surface area contributed by atoms with E-state index in [1.54, 1.807) is 28.9 Å². The molecule has 1 N–H and O–H groups in total. The minimum atomic E-state index is -3.28. The molecule has 1 aromatic heterocycles. The molecular weight excluding hydrogens is 386 g/mol. The molecule has 3 rings (SSSR count). The van der Waals surface area contributed by atoms with Gasteiger partial charge in [-0.1, -0.05) is 24.6 Å². The number of aromatic nitrogens is 2. The number of anilines is 1. The van der Waals surface area contributed by atoms with Crippen molar-refractivity contribution in [2.75, 3.05) is 11.6 Å². The molecule has 0 saturated carbocycles. The highest BCUT2D eigenvalue weighted by Gasteiger charge is 2.18. The van der Waals surface area contributed by atoms with E-state index in [9.17, 15) is 13.2 Å². The lowest BCUT2D eigenvalue weighted by molar-refractivity contribution is 0.102. The van der Waals surface area contributed by atoms with Crippen LogP contribution in [0.4, 0.5) is 5.69 Å². The maximum absolute atomic E-state index is 12.7. The lowest BCUT2D eigenvalue weighted by Crippen LogP contribution is -2.14. The number of hydrogen-bond donors (Lipinski definition) is 1. The molecule has 0 spiro atoms. The maximum Gasteiger partial charge on any atom is 0.259 e. The van der Waals surface area contributed by atoms with Gasteiger partial charge in [0.1, 0.15) is 0 Å². The van der Waals surface area contributed by atoms with Gasteiger partial charge in [-0.25, -0.2) is 13.1 Å². The first-order valence-corrected chi connectivity index (χ1v) is 10.5. The molecule has 140 valence electrons. The van der Waals surface area contributed by atoms with Crippen LogP contribution in [0.1, 0.15) is 23.0 Å². The van der Waals surface area contributed by atoms with E-state index in [1.165, 1.54) is 18.3 Å². The fourth-order valence-electron chi connectivity index (χ4n) is 2.72. The number of sulfone groups is 1. The second kappa shape index (κ2) is 7.54. The summed E-state index contributed by atoms with van der Waals surface area (Å²) in [7, 11) is -3.28. The topological polar surface area (TPSA) is 81.1 Å². The van der Waals surface area contributed by atoms with Crippen molar-refractivity contribution in [3.63, 3.8) is 0 Å². The number of benzene rings is 2. The first kappa shape index (κ1) is 19.1. The number of nitrogens with one attached hydrogen (secondary N) is 1. The highest BCUT2D eigenvalue weighted by molar-refractivity contribution is 7.90. The summed E-state index contributed by atoms with van der Waals surface area (Å²) in [5.74, 6) is -0.313. The molecule has 1 heterocycles. The lowest BCUT2D eigenvalue weighted by Gasteiger charge is -2.09. The molecule has 0 aliphatic carbocycles. The quantitative estimate of drug-likeness (QED) is 0.703.